The minimum Gasteiger partial charge on any atom is -0.366 e. The van der Waals surface area contributed by atoms with Crippen molar-refractivity contribution in [3.05, 3.63) is 41.7 Å². The van der Waals surface area contributed by atoms with Crippen molar-refractivity contribution in [3.63, 3.8) is 0 Å². The highest BCUT2D eigenvalue weighted by Crippen LogP contribution is 2.28. The van der Waals surface area contributed by atoms with Gasteiger partial charge in [0.05, 0.1) is 0 Å². The number of aromatic nitrogens is 3. The summed E-state index contributed by atoms with van der Waals surface area (Å²) < 4.78 is 0. The van der Waals surface area contributed by atoms with Crippen molar-refractivity contribution >= 4 is 11.9 Å². The summed E-state index contributed by atoms with van der Waals surface area (Å²) >= 11 is 0. The number of likely N-dealkylation sites (tertiary alicyclic amines) is 1. The summed E-state index contributed by atoms with van der Waals surface area (Å²) in [6.07, 6.45) is 1.94. The number of hydrogen-bond donors (Lipinski definition) is 2. The van der Waals surface area contributed by atoms with E-state index in [1.54, 1.807) is 4.90 Å². The van der Waals surface area contributed by atoms with Gasteiger partial charge >= 0.3 is 0 Å². The van der Waals surface area contributed by atoms with Gasteiger partial charge in [0.15, 0.2) is 0 Å². The van der Waals surface area contributed by atoms with Gasteiger partial charge in [-0.25, -0.2) is 0 Å². The van der Waals surface area contributed by atoms with Crippen LogP contribution in [-0.2, 0) is 0 Å². The van der Waals surface area contributed by atoms with Crippen LogP contribution in [0.5, 0.6) is 0 Å². The number of rotatable bonds is 2. The summed E-state index contributed by atoms with van der Waals surface area (Å²) in [5.74, 6) is 0.730. The first kappa shape index (κ1) is 12.7. The Morgan fingerprint density at radius 3 is 2.55 bits per heavy atom. The summed E-state index contributed by atoms with van der Waals surface area (Å²) in [5.41, 5.74) is 6.77. The molecule has 3 N–H and O–H groups in total. The van der Waals surface area contributed by atoms with Gasteiger partial charge in [-0.15, -0.1) is 5.10 Å². The number of nitrogens with two attached hydrogens (primary N) is 1. The number of nitrogen functional groups attached to an aromatic ring is 1. The molecule has 1 saturated heterocycles. The van der Waals surface area contributed by atoms with E-state index in [0.717, 1.165) is 25.9 Å². The second kappa shape index (κ2) is 5.32. The van der Waals surface area contributed by atoms with Gasteiger partial charge in [-0.3, -0.25) is 9.89 Å². The van der Waals surface area contributed by atoms with Crippen LogP contribution in [-0.4, -0.2) is 39.1 Å². The molecule has 2 heterocycles. The van der Waals surface area contributed by atoms with E-state index in [1.165, 1.54) is 5.56 Å². The maximum atomic E-state index is 12.2. The van der Waals surface area contributed by atoms with E-state index in [9.17, 15) is 4.79 Å². The molecule has 20 heavy (non-hydrogen) atoms. The zero-order valence-corrected chi connectivity index (χ0v) is 11.1. The average molecular weight is 271 g/mol. The fourth-order valence-corrected chi connectivity index (χ4v) is 2.66. The fraction of sp³-hybridized carbons (Fsp3) is 0.357. The molecule has 0 bridgehead atoms. The lowest BCUT2D eigenvalue weighted by Gasteiger charge is -2.31. The highest BCUT2D eigenvalue weighted by atomic mass is 16.2. The third-order valence-corrected chi connectivity index (χ3v) is 3.76. The maximum absolute atomic E-state index is 12.2. The Morgan fingerprint density at radius 1 is 1.25 bits per heavy atom. The predicted molar refractivity (Wildman–Crippen MR) is 75.1 cm³/mol. The van der Waals surface area contributed by atoms with Crippen molar-refractivity contribution in [1.82, 2.24) is 20.1 Å². The van der Waals surface area contributed by atoms with Crippen LogP contribution in [0, 0.1) is 0 Å². The first-order valence-corrected chi connectivity index (χ1v) is 6.76. The molecule has 6 nitrogen and oxygen atoms in total. The topological polar surface area (TPSA) is 87.9 Å². The lowest BCUT2D eigenvalue weighted by Crippen LogP contribution is -2.38. The number of nitrogens with one attached hydrogen (secondary N) is 1. The van der Waals surface area contributed by atoms with Crippen LogP contribution in [0.1, 0.15) is 34.9 Å². The van der Waals surface area contributed by atoms with Crippen LogP contribution in [0.3, 0.4) is 0 Å². The second-order valence-corrected chi connectivity index (χ2v) is 5.02. The van der Waals surface area contributed by atoms with Gasteiger partial charge < -0.3 is 10.6 Å². The van der Waals surface area contributed by atoms with Gasteiger partial charge in [-0.2, -0.15) is 4.98 Å². The number of piperidine rings is 1. The molecule has 0 aliphatic carbocycles. The first-order valence-electron chi connectivity index (χ1n) is 6.76. The number of amides is 1. The van der Waals surface area contributed by atoms with Gasteiger partial charge in [0.2, 0.25) is 11.8 Å². The number of aromatic amines is 1. The SMILES string of the molecule is Nc1n[nH]c(C(=O)N2CCC(c3ccccc3)CC2)n1. The van der Waals surface area contributed by atoms with Gasteiger partial charge in [0, 0.05) is 13.1 Å². The third-order valence-electron chi connectivity index (χ3n) is 3.76. The van der Waals surface area contributed by atoms with E-state index in [0.29, 0.717) is 5.92 Å². The van der Waals surface area contributed by atoms with Gasteiger partial charge in [-0.1, -0.05) is 30.3 Å². The molecule has 1 aliphatic rings. The first-order chi connectivity index (χ1) is 9.74. The highest BCUT2D eigenvalue weighted by molar-refractivity contribution is 5.90. The molecule has 1 aromatic heterocycles. The van der Waals surface area contributed by atoms with Crippen molar-refractivity contribution in [2.45, 2.75) is 18.8 Å². The monoisotopic (exact) mass is 271 g/mol. The second-order valence-electron chi connectivity index (χ2n) is 5.02. The van der Waals surface area contributed by atoms with Crippen LogP contribution < -0.4 is 5.73 Å². The summed E-state index contributed by atoms with van der Waals surface area (Å²) in [6.45, 7) is 1.47. The Bertz CT molecular complexity index is 587. The van der Waals surface area contributed by atoms with Crippen molar-refractivity contribution in [1.29, 1.82) is 0 Å². The molecule has 0 radical (unpaired) electrons. The van der Waals surface area contributed by atoms with Crippen molar-refractivity contribution < 1.29 is 4.79 Å². The molecule has 2 aromatic rings. The largest absolute Gasteiger partial charge is 0.366 e. The Kier molecular flexibility index (Phi) is 3.37. The van der Waals surface area contributed by atoms with E-state index in [2.05, 4.69) is 39.4 Å². The Morgan fingerprint density at radius 2 is 1.95 bits per heavy atom. The molecule has 6 heteroatoms. The molecule has 3 rings (SSSR count). The zero-order chi connectivity index (χ0) is 13.9. The Hall–Kier alpha value is -2.37. The van der Waals surface area contributed by atoms with E-state index >= 15 is 0 Å². The van der Waals surface area contributed by atoms with E-state index in [1.807, 2.05) is 6.07 Å². The number of carbonyl (C=O) groups is 1. The number of benzene rings is 1. The maximum Gasteiger partial charge on any atom is 0.291 e. The lowest BCUT2D eigenvalue weighted by atomic mass is 9.89. The van der Waals surface area contributed by atoms with Gasteiger partial charge in [0.1, 0.15) is 0 Å². The minimum absolute atomic E-state index is 0.104. The van der Waals surface area contributed by atoms with Crippen LogP contribution in [0.15, 0.2) is 30.3 Å². The van der Waals surface area contributed by atoms with E-state index < -0.39 is 0 Å². The van der Waals surface area contributed by atoms with Crippen molar-refractivity contribution in [2.24, 2.45) is 0 Å². The van der Waals surface area contributed by atoms with Crippen LogP contribution in [0.2, 0.25) is 0 Å². The van der Waals surface area contributed by atoms with E-state index in [4.69, 9.17) is 5.73 Å². The fourth-order valence-electron chi connectivity index (χ4n) is 2.66. The quantitative estimate of drug-likeness (QED) is 0.864. The number of carbonyl (C=O) groups excluding carboxylic acids is 1. The molecule has 0 atom stereocenters. The predicted octanol–water partition coefficient (Wildman–Crippen LogP) is 1.41. The lowest BCUT2D eigenvalue weighted by molar-refractivity contribution is 0.0701. The summed E-state index contributed by atoms with van der Waals surface area (Å²) in [4.78, 5) is 17.9. The normalized spacial score (nSPS) is 16.3. The number of H-pyrrole nitrogens is 1. The molecule has 1 aliphatic heterocycles. The number of anilines is 1. The molecular weight excluding hydrogens is 254 g/mol. The molecular formula is C14H17N5O. The van der Waals surface area contributed by atoms with Crippen molar-refractivity contribution in [3.8, 4) is 0 Å². The molecule has 0 unspecified atom stereocenters. The molecule has 104 valence electrons. The molecule has 1 fully saturated rings. The van der Waals surface area contributed by atoms with Gasteiger partial charge in [-0.05, 0) is 24.3 Å². The summed E-state index contributed by atoms with van der Waals surface area (Å²) in [5, 5.41) is 6.26. The smallest absolute Gasteiger partial charge is 0.291 e. The van der Waals surface area contributed by atoms with Crippen LogP contribution in [0.25, 0.3) is 0 Å². The van der Waals surface area contributed by atoms with E-state index in [-0.39, 0.29) is 17.7 Å². The molecule has 1 aromatic carbocycles. The van der Waals surface area contributed by atoms with Crippen LogP contribution >= 0.6 is 0 Å². The Balaban J connectivity index is 1.63. The van der Waals surface area contributed by atoms with Crippen LogP contribution in [0.4, 0.5) is 5.95 Å². The van der Waals surface area contributed by atoms with Crippen molar-refractivity contribution in [2.75, 3.05) is 18.8 Å². The average Bonchev–Trinajstić information content (AvgIpc) is 2.94. The highest BCUT2D eigenvalue weighted by Gasteiger charge is 2.26. The summed E-state index contributed by atoms with van der Waals surface area (Å²) in [6, 6.07) is 10.4. The third kappa shape index (κ3) is 2.49. The van der Waals surface area contributed by atoms with Gasteiger partial charge in [0.25, 0.3) is 5.91 Å². The number of hydrogen-bond acceptors (Lipinski definition) is 4. The molecule has 0 spiro atoms. The Labute approximate surface area is 117 Å². The number of nitrogens with zero attached hydrogens (tertiary/aromatic N) is 3. The summed E-state index contributed by atoms with van der Waals surface area (Å²) in [7, 11) is 0. The zero-order valence-electron chi connectivity index (χ0n) is 11.1. The standard InChI is InChI=1S/C14H17N5O/c15-14-16-12(17-18-14)13(20)19-8-6-11(7-9-19)10-4-2-1-3-5-10/h1-5,11H,6-9H2,(H3,15,16,17,18). The molecule has 0 saturated carbocycles. The minimum atomic E-state index is -0.124. The molecule has 1 amide bonds.